The standard InChI is InChI=1S/C32H43Cl2N5O8/c33-21-15-27(47-13-3-10-35-31(46)36-17-25(41)28(43)29(44)26(42)18-40)22(34)14-19(21)16-37-32(8-9-32)30(45)39-12-11-38(20-6-7-20)23-4-1-2-5-24(23)39/h1-2,4-5,14-15,20,25-26,28-29,37,40-44H,3,6-13,16-18H2,(H2,35,36,46)/t25-,26+,28+,29+/m0/s1. The number of ether oxygens (including phenoxy) is 1. The maximum absolute atomic E-state index is 13.8. The van der Waals surface area contributed by atoms with Crippen molar-refractivity contribution < 1.29 is 39.9 Å². The van der Waals surface area contributed by atoms with Gasteiger partial charge in [-0.2, -0.15) is 0 Å². The number of nitrogens with one attached hydrogen (secondary N) is 3. The summed E-state index contributed by atoms with van der Waals surface area (Å²) in [5.41, 5.74) is 2.19. The molecule has 2 aromatic rings. The molecule has 13 nitrogen and oxygen atoms in total. The molecule has 2 saturated carbocycles. The molecule has 1 aliphatic heterocycles. The van der Waals surface area contributed by atoms with Crippen molar-refractivity contribution in [2.75, 3.05) is 49.2 Å². The smallest absolute Gasteiger partial charge is 0.314 e. The number of anilines is 2. The summed E-state index contributed by atoms with van der Waals surface area (Å²) in [7, 11) is 0. The Morgan fingerprint density at radius 3 is 2.34 bits per heavy atom. The lowest BCUT2D eigenvalue weighted by Gasteiger charge is -2.39. The van der Waals surface area contributed by atoms with E-state index in [4.69, 9.17) is 33.0 Å². The molecule has 8 N–H and O–H groups in total. The molecular weight excluding hydrogens is 653 g/mol. The van der Waals surface area contributed by atoms with E-state index in [1.165, 1.54) is 12.8 Å². The molecule has 2 aromatic carbocycles. The maximum Gasteiger partial charge on any atom is 0.314 e. The Bertz CT molecular complexity index is 1410. The van der Waals surface area contributed by atoms with Gasteiger partial charge in [0.1, 0.15) is 24.1 Å². The van der Waals surface area contributed by atoms with Crippen LogP contribution in [0.1, 0.15) is 37.7 Å². The zero-order valence-electron chi connectivity index (χ0n) is 25.9. The van der Waals surface area contributed by atoms with E-state index in [1.807, 2.05) is 23.1 Å². The third-order valence-corrected chi connectivity index (χ3v) is 9.47. The number of aliphatic hydroxyl groups is 5. The summed E-state index contributed by atoms with van der Waals surface area (Å²) >= 11 is 13.1. The number of carbonyl (C=O) groups excluding carboxylic acids is 2. The Morgan fingerprint density at radius 1 is 0.957 bits per heavy atom. The molecule has 0 radical (unpaired) electrons. The highest BCUT2D eigenvalue weighted by atomic mass is 35.5. The lowest BCUT2D eigenvalue weighted by Crippen LogP contribution is -2.53. The summed E-state index contributed by atoms with van der Waals surface area (Å²) in [6, 6.07) is 11.4. The van der Waals surface area contributed by atoms with E-state index in [0.717, 1.165) is 36.3 Å². The van der Waals surface area contributed by atoms with Crippen molar-refractivity contribution in [3.05, 3.63) is 52.0 Å². The van der Waals surface area contributed by atoms with Gasteiger partial charge in [-0.15, -0.1) is 0 Å². The van der Waals surface area contributed by atoms with Crippen molar-refractivity contribution in [3.63, 3.8) is 0 Å². The second-order valence-electron chi connectivity index (χ2n) is 12.3. The van der Waals surface area contributed by atoms with Crippen LogP contribution in [0.25, 0.3) is 0 Å². The van der Waals surface area contributed by atoms with E-state index in [1.54, 1.807) is 12.1 Å². The first-order chi connectivity index (χ1) is 22.5. The predicted molar refractivity (Wildman–Crippen MR) is 177 cm³/mol. The summed E-state index contributed by atoms with van der Waals surface area (Å²) < 4.78 is 5.76. The quantitative estimate of drug-likeness (QED) is 0.118. The van der Waals surface area contributed by atoms with Crippen LogP contribution in [-0.4, -0.2) is 113 Å². The number of nitrogens with zero attached hydrogens (tertiary/aromatic N) is 2. The third kappa shape index (κ3) is 8.59. The first-order valence-electron chi connectivity index (χ1n) is 15.9. The fraction of sp³-hybridized carbons (Fsp3) is 0.562. The second-order valence-corrected chi connectivity index (χ2v) is 13.1. The highest BCUT2D eigenvalue weighted by Gasteiger charge is 2.52. The van der Waals surface area contributed by atoms with Crippen LogP contribution >= 0.6 is 23.2 Å². The molecule has 2 aliphatic carbocycles. The van der Waals surface area contributed by atoms with Gasteiger partial charge in [-0.1, -0.05) is 35.3 Å². The molecule has 0 spiro atoms. The molecule has 2 fully saturated rings. The van der Waals surface area contributed by atoms with Crippen molar-refractivity contribution >= 4 is 46.5 Å². The number of hydrogen-bond donors (Lipinski definition) is 8. The number of benzene rings is 2. The molecule has 3 aliphatic rings. The van der Waals surface area contributed by atoms with Crippen LogP contribution in [-0.2, 0) is 11.3 Å². The van der Waals surface area contributed by atoms with Crippen LogP contribution in [0, 0.1) is 0 Å². The summed E-state index contributed by atoms with van der Waals surface area (Å²) in [4.78, 5) is 30.1. The first kappa shape index (κ1) is 35.4. The van der Waals surface area contributed by atoms with Gasteiger partial charge in [-0.3, -0.25) is 10.1 Å². The molecule has 0 bridgehead atoms. The molecule has 15 heteroatoms. The fourth-order valence-corrected chi connectivity index (χ4v) is 6.15. The van der Waals surface area contributed by atoms with Gasteiger partial charge >= 0.3 is 6.03 Å². The van der Waals surface area contributed by atoms with Crippen molar-refractivity contribution in [3.8, 4) is 5.75 Å². The highest BCUT2D eigenvalue weighted by molar-refractivity contribution is 6.34. The van der Waals surface area contributed by atoms with Gasteiger partial charge in [-0.05, 0) is 55.9 Å². The Morgan fingerprint density at radius 2 is 1.66 bits per heavy atom. The molecule has 258 valence electrons. The molecule has 1 heterocycles. The first-order valence-corrected chi connectivity index (χ1v) is 16.7. The van der Waals surface area contributed by atoms with Gasteiger partial charge in [0.15, 0.2) is 0 Å². The Labute approximate surface area is 283 Å². The van der Waals surface area contributed by atoms with Crippen LogP contribution in [0.4, 0.5) is 16.2 Å². The SMILES string of the molecule is O=C(NCCCOc1cc(Cl)c(CNC2(C(=O)N3CCN(C4CC4)c4ccccc43)CC2)cc1Cl)NC[C@H](O)[C@@H](O)[C@H](O)[C@H](O)CO. The number of rotatable bonds is 16. The van der Waals surface area contributed by atoms with E-state index in [0.29, 0.717) is 41.3 Å². The van der Waals surface area contributed by atoms with E-state index in [-0.39, 0.29) is 19.1 Å². The number of hydrogen-bond acceptors (Lipinski definition) is 10. The van der Waals surface area contributed by atoms with E-state index >= 15 is 0 Å². The van der Waals surface area contributed by atoms with Crippen LogP contribution in [0.5, 0.6) is 5.75 Å². The molecule has 47 heavy (non-hydrogen) atoms. The Kier molecular flexibility index (Phi) is 11.7. The Balaban J connectivity index is 1.05. The highest BCUT2D eigenvalue weighted by Crippen LogP contribution is 2.44. The number of carbonyl (C=O) groups is 2. The van der Waals surface area contributed by atoms with Crippen molar-refractivity contribution in [1.82, 2.24) is 16.0 Å². The lowest BCUT2D eigenvalue weighted by molar-refractivity contribution is -0.121. The van der Waals surface area contributed by atoms with Crippen LogP contribution in [0.15, 0.2) is 36.4 Å². The summed E-state index contributed by atoms with van der Waals surface area (Å²) in [6.07, 6.45) is -2.42. The zero-order valence-corrected chi connectivity index (χ0v) is 27.5. The molecule has 5 rings (SSSR count). The number of amides is 3. The third-order valence-electron chi connectivity index (χ3n) is 8.82. The molecule has 0 aromatic heterocycles. The topological polar surface area (TPSA) is 187 Å². The summed E-state index contributed by atoms with van der Waals surface area (Å²) in [6.45, 7) is 1.10. The zero-order chi connectivity index (χ0) is 33.7. The number of para-hydroxylation sites is 2. The molecule has 0 saturated heterocycles. The molecular formula is C32H43Cl2N5O8. The minimum absolute atomic E-state index is 0.0790. The van der Waals surface area contributed by atoms with Gasteiger partial charge < -0.3 is 50.7 Å². The molecule has 3 amide bonds. The Hall–Kier alpha value is -2.88. The average molecular weight is 697 g/mol. The second kappa shape index (κ2) is 15.6. The van der Waals surface area contributed by atoms with Crippen molar-refractivity contribution in [1.29, 1.82) is 0 Å². The normalized spacial score (nSPS) is 19.3. The molecule has 0 unspecified atom stereocenters. The van der Waals surface area contributed by atoms with Gasteiger partial charge in [0.05, 0.1) is 41.3 Å². The maximum atomic E-state index is 13.8. The average Bonchev–Trinajstić information content (AvgIpc) is 4.02. The van der Waals surface area contributed by atoms with E-state index in [9.17, 15) is 30.0 Å². The van der Waals surface area contributed by atoms with Crippen molar-refractivity contribution in [2.24, 2.45) is 0 Å². The largest absolute Gasteiger partial charge is 0.492 e. The summed E-state index contributed by atoms with van der Waals surface area (Å²) in [5, 5.41) is 56.7. The summed E-state index contributed by atoms with van der Waals surface area (Å²) in [5.74, 6) is 0.461. The van der Waals surface area contributed by atoms with Gasteiger partial charge in [-0.25, -0.2) is 4.79 Å². The predicted octanol–water partition coefficient (Wildman–Crippen LogP) is 1.14. The van der Waals surface area contributed by atoms with Crippen LogP contribution < -0.4 is 30.5 Å². The monoisotopic (exact) mass is 695 g/mol. The molecule has 4 atom stereocenters. The van der Waals surface area contributed by atoms with Gasteiger partial charge in [0.2, 0.25) is 5.91 Å². The van der Waals surface area contributed by atoms with Gasteiger partial charge in [0, 0.05) is 49.9 Å². The van der Waals surface area contributed by atoms with Crippen molar-refractivity contribution in [2.45, 2.75) is 74.6 Å². The van der Waals surface area contributed by atoms with E-state index < -0.39 is 49.1 Å². The minimum atomic E-state index is -1.77. The lowest BCUT2D eigenvalue weighted by atomic mass is 10.0. The van der Waals surface area contributed by atoms with Crippen LogP contribution in [0.3, 0.4) is 0 Å². The number of aliphatic hydroxyl groups excluding tert-OH is 5. The van der Waals surface area contributed by atoms with Crippen LogP contribution in [0.2, 0.25) is 10.0 Å². The number of urea groups is 1. The fourth-order valence-electron chi connectivity index (χ4n) is 5.69. The van der Waals surface area contributed by atoms with Gasteiger partial charge in [0.25, 0.3) is 0 Å². The van der Waals surface area contributed by atoms with E-state index in [2.05, 4.69) is 26.9 Å². The minimum Gasteiger partial charge on any atom is -0.492 e. The number of fused-ring (bicyclic) bond motifs is 1. The number of halogens is 2.